The van der Waals surface area contributed by atoms with Crippen LogP contribution in [-0.2, 0) is 0 Å². The summed E-state index contributed by atoms with van der Waals surface area (Å²) in [5.41, 5.74) is 1.00. The number of rotatable bonds is 6. The number of nitrogens with zero attached hydrogens (tertiary/aromatic N) is 1. The van der Waals surface area contributed by atoms with Gasteiger partial charge in [0.05, 0.1) is 6.10 Å². The molecular weight excluding hydrogens is 210 g/mol. The standard InChI is InChI=1S/C15H25NO/c1-12(2)10-16(13(3)4)11-15(17)14-8-6-5-7-9-14/h5-9,12-13,15,17H,10-11H2,1-4H3. The molecule has 0 saturated heterocycles. The maximum Gasteiger partial charge on any atom is 0.0917 e. The van der Waals surface area contributed by atoms with Crippen LogP contribution in [-0.4, -0.2) is 29.1 Å². The summed E-state index contributed by atoms with van der Waals surface area (Å²) in [5.74, 6) is 0.625. The van der Waals surface area contributed by atoms with Gasteiger partial charge in [0.1, 0.15) is 0 Å². The maximum atomic E-state index is 10.2. The molecule has 0 fully saturated rings. The van der Waals surface area contributed by atoms with Gasteiger partial charge < -0.3 is 5.11 Å². The van der Waals surface area contributed by atoms with E-state index < -0.39 is 6.10 Å². The van der Waals surface area contributed by atoms with E-state index in [9.17, 15) is 5.11 Å². The van der Waals surface area contributed by atoms with Crippen molar-refractivity contribution in [1.29, 1.82) is 0 Å². The van der Waals surface area contributed by atoms with Crippen molar-refractivity contribution in [1.82, 2.24) is 4.90 Å². The monoisotopic (exact) mass is 235 g/mol. The van der Waals surface area contributed by atoms with E-state index in [1.807, 2.05) is 30.3 Å². The van der Waals surface area contributed by atoms with Gasteiger partial charge in [-0.2, -0.15) is 0 Å². The Hall–Kier alpha value is -0.860. The van der Waals surface area contributed by atoms with E-state index in [1.165, 1.54) is 0 Å². The minimum absolute atomic E-state index is 0.391. The average Bonchev–Trinajstić information content (AvgIpc) is 2.28. The number of hydrogen-bond donors (Lipinski definition) is 1. The lowest BCUT2D eigenvalue weighted by molar-refractivity contribution is 0.0877. The molecule has 1 rings (SSSR count). The maximum absolute atomic E-state index is 10.2. The van der Waals surface area contributed by atoms with Gasteiger partial charge in [-0.1, -0.05) is 44.2 Å². The van der Waals surface area contributed by atoms with Crippen LogP contribution in [0.3, 0.4) is 0 Å². The smallest absolute Gasteiger partial charge is 0.0917 e. The molecule has 1 unspecified atom stereocenters. The summed E-state index contributed by atoms with van der Waals surface area (Å²) in [7, 11) is 0. The van der Waals surface area contributed by atoms with Crippen molar-refractivity contribution in [3.05, 3.63) is 35.9 Å². The molecule has 0 heterocycles. The second kappa shape index (κ2) is 6.77. The number of aliphatic hydroxyl groups is 1. The lowest BCUT2D eigenvalue weighted by Gasteiger charge is -2.30. The number of hydrogen-bond acceptors (Lipinski definition) is 2. The predicted molar refractivity (Wildman–Crippen MR) is 72.9 cm³/mol. The molecule has 1 aromatic carbocycles. The Bertz CT molecular complexity index is 308. The molecule has 0 aliphatic rings. The van der Waals surface area contributed by atoms with Crippen molar-refractivity contribution in [3.8, 4) is 0 Å². The highest BCUT2D eigenvalue weighted by atomic mass is 16.3. The van der Waals surface area contributed by atoms with Crippen molar-refractivity contribution in [2.75, 3.05) is 13.1 Å². The van der Waals surface area contributed by atoms with Crippen LogP contribution in [0.2, 0.25) is 0 Å². The molecule has 0 saturated carbocycles. The van der Waals surface area contributed by atoms with Gasteiger partial charge in [0.2, 0.25) is 0 Å². The third-order valence-corrected chi connectivity index (χ3v) is 2.92. The van der Waals surface area contributed by atoms with E-state index in [-0.39, 0.29) is 0 Å². The summed E-state index contributed by atoms with van der Waals surface area (Å²) < 4.78 is 0. The Morgan fingerprint density at radius 3 is 2.06 bits per heavy atom. The van der Waals surface area contributed by atoms with Crippen LogP contribution in [0.15, 0.2) is 30.3 Å². The number of benzene rings is 1. The van der Waals surface area contributed by atoms with Gasteiger partial charge >= 0.3 is 0 Å². The van der Waals surface area contributed by atoms with Gasteiger partial charge in [-0.3, -0.25) is 4.90 Å². The van der Waals surface area contributed by atoms with Crippen LogP contribution in [0, 0.1) is 5.92 Å². The zero-order chi connectivity index (χ0) is 12.8. The van der Waals surface area contributed by atoms with Gasteiger partial charge in [-0.15, -0.1) is 0 Å². The molecule has 1 atom stereocenters. The molecule has 0 aliphatic carbocycles. The highest BCUT2D eigenvalue weighted by molar-refractivity contribution is 5.17. The summed E-state index contributed by atoms with van der Waals surface area (Å²) >= 11 is 0. The van der Waals surface area contributed by atoms with Crippen LogP contribution < -0.4 is 0 Å². The molecule has 0 spiro atoms. The van der Waals surface area contributed by atoms with E-state index in [1.54, 1.807) is 0 Å². The largest absolute Gasteiger partial charge is 0.387 e. The highest BCUT2D eigenvalue weighted by Crippen LogP contribution is 2.16. The fraction of sp³-hybridized carbons (Fsp3) is 0.600. The Kier molecular flexibility index (Phi) is 5.66. The SMILES string of the molecule is CC(C)CN(CC(O)c1ccccc1)C(C)C. The van der Waals surface area contributed by atoms with Gasteiger partial charge in [0.15, 0.2) is 0 Å². The van der Waals surface area contributed by atoms with E-state index in [2.05, 4.69) is 32.6 Å². The minimum atomic E-state index is -0.391. The van der Waals surface area contributed by atoms with Crippen LogP contribution in [0.5, 0.6) is 0 Å². The molecule has 2 nitrogen and oxygen atoms in total. The second-order valence-corrected chi connectivity index (χ2v) is 5.37. The fourth-order valence-corrected chi connectivity index (χ4v) is 1.97. The first-order chi connectivity index (χ1) is 8.00. The van der Waals surface area contributed by atoms with E-state index in [0.29, 0.717) is 18.5 Å². The van der Waals surface area contributed by atoms with Gasteiger partial charge in [0, 0.05) is 19.1 Å². The molecule has 0 bridgehead atoms. The second-order valence-electron chi connectivity index (χ2n) is 5.37. The molecule has 2 heteroatoms. The van der Waals surface area contributed by atoms with Gasteiger partial charge in [-0.25, -0.2) is 0 Å². The molecular formula is C15H25NO. The van der Waals surface area contributed by atoms with Crippen LogP contribution in [0.1, 0.15) is 39.4 Å². The predicted octanol–water partition coefficient (Wildman–Crippen LogP) is 3.09. The lowest BCUT2D eigenvalue weighted by atomic mass is 10.1. The molecule has 96 valence electrons. The number of aliphatic hydroxyl groups excluding tert-OH is 1. The Balaban J connectivity index is 2.61. The van der Waals surface area contributed by atoms with E-state index in [0.717, 1.165) is 12.1 Å². The van der Waals surface area contributed by atoms with Gasteiger partial charge in [0.25, 0.3) is 0 Å². The summed E-state index contributed by atoms with van der Waals surface area (Å²) in [5, 5.41) is 10.2. The average molecular weight is 235 g/mol. The molecule has 1 N–H and O–H groups in total. The zero-order valence-electron chi connectivity index (χ0n) is 11.4. The Morgan fingerprint density at radius 1 is 1.00 bits per heavy atom. The lowest BCUT2D eigenvalue weighted by Crippen LogP contribution is -2.37. The quantitative estimate of drug-likeness (QED) is 0.819. The third-order valence-electron chi connectivity index (χ3n) is 2.92. The third kappa shape index (κ3) is 4.88. The fourth-order valence-electron chi connectivity index (χ4n) is 1.97. The first-order valence-electron chi connectivity index (χ1n) is 6.47. The Labute approximate surface area is 105 Å². The summed E-state index contributed by atoms with van der Waals surface area (Å²) in [6, 6.07) is 10.4. The van der Waals surface area contributed by atoms with Crippen LogP contribution >= 0.6 is 0 Å². The summed E-state index contributed by atoms with van der Waals surface area (Å²) in [6.45, 7) is 10.5. The molecule has 0 amide bonds. The topological polar surface area (TPSA) is 23.5 Å². The molecule has 0 aliphatic heterocycles. The van der Waals surface area contributed by atoms with Crippen molar-refractivity contribution >= 4 is 0 Å². The molecule has 1 aromatic rings. The first-order valence-corrected chi connectivity index (χ1v) is 6.47. The van der Waals surface area contributed by atoms with Gasteiger partial charge in [-0.05, 0) is 25.3 Å². The molecule has 0 radical (unpaired) electrons. The molecule has 17 heavy (non-hydrogen) atoms. The summed E-state index contributed by atoms with van der Waals surface area (Å²) in [4.78, 5) is 2.34. The highest BCUT2D eigenvalue weighted by Gasteiger charge is 2.16. The van der Waals surface area contributed by atoms with Crippen LogP contribution in [0.25, 0.3) is 0 Å². The van der Waals surface area contributed by atoms with Crippen molar-refractivity contribution in [2.24, 2.45) is 5.92 Å². The zero-order valence-corrected chi connectivity index (χ0v) is 11.4. The van der Waals surface area contributed by atoms with E-state index >= 15 is 0 Å². The van der Waals surface area contributed by atoms with E-state index in [4.69, 9.17) is 0 Å². The van der Waals surface area contributed by atoms with Crippen molar-refractivity contribution in [2.45, 2.75) is 39.8 Å². The Morgan fingerprint density at radius 2 is 1.59 bits per heavy atom. The summed E-state index contributed by atoms with van der Waals surface area (Å²) in [6.07, 6.45) is -0.391. The van der Waals surface area contributed by atoms with Crippen molar-refractivity contribution < 1.29 is 5.11 Å². The molecule has 0 aromatic heterocycles. The minimum Gasteiger partial charge on any atom is -0.387 e. The van der Waals surface area contributed by atoms with Crippen molar-refractivity contribution in [3.63, 3.8) is 0 Å². The van der Waals surface area contributed by atoms with Crippen LogP contribution in [0.4, 0.5) is 0 Å². The normalized spacial score (nSPS) is 13.6. The first kappa shape index (κ1) is 14.2.